The average molecular weight is 395 g/mol. The van der Waals surface area contributed by atoms with Crippen LogP contribution in [0.4, 0.5) is 0 Å². The molecular weight excluding hydrogens is 380 g/mol. The molecule has 1 atom stereocenters. The minimum absolute atomic E-state index is 0.0169. The lowest BCUT2D eigenvalue weighted by Gasteiger charge is -2.22. The van der Waals surface area contributed by atoms with Gasteiger partial charge in [-0.15, -0.1) is 0 Å². The molecule has 126 valence electrons. The molecular formula is C16H15BrN2O5. The summed E-state index contributed by atoms with van der Waals surface area (Å²) in [4.78, 5) is 38.9. The SMILES string of the molecule is CCOC(=O)C1(O)C(=O)N2CCNC2=C1C(=O)c1ccc(Br)cc1. The Morgan fingerprint density at radius 3 is 2.67 bits per heavy atom. The van der Waals surface area contributed by atoms with E-state index in [0.29, 0.717) is 6.54 Å². The second-order valence-electron chi connectivity index (χ2n) is 5.37. The number of aliphatic hydroxyl groups is 1. The van der Waals surface area contributed by atoms with E-state index in [1.165, 1.54) is 4.90 Å². The van der Waals surface area contributed by atoms with Crippen LogP contribution in [0, 0.1) is 0 Å². The first-order valence-electron chi connectivity index (χ1n) is 7.41. The van der Waals surface area contributed by atoms with Crippen molar-refractivity contribution < 1.29 is 24.2 Å². The quantitative estimate of drug-likeness (QED) is 0.440. The first-order chi connectivity index (χ1) is 11.4. The fourth-order valence-electron chi connectivity index (χ4n) is 2.84. The minimum Gasteiger partial charge on any atom is -0.463 e. The molecule has 24 heavy (non-hydrogen) atoms. The highest BCUT2D eigenvalue weighted by Crippen LogP contribution is 2.37. The van der Waals surface area contributed by atoms with Crippen LogP contribution in [0.1, 0.15) is 17.3 Å². The Morgan fingerprint density at radius 2 is 2.04 bits per heavy atom. The predicted octanol–water partition coefficient (Wildman–Crippen LogP) is 0.583. The number of carbonyl (C=O) groups excluding carboxylic acids is 3. The van der Waals surface area contributed by atoms with Gasteiger partial charge in [0.1, 0.15) is 5.82 Å². The zero-order valence-electron chi connectivity index (χ0n) is 12.8. The van der Waals surface area contributed by atoms with E-state index in [1.54, 1.807) is 31.2 Å². The third kappa shape index (κ3) is 2.33. The van der Waals surface area contributed by atoms with Gasteiger partial charge in [0.05, 0.1) is 12.2 Å². The van der Waals surface area contributed by atoms with Gasteiger partial charge in [0.2, 0.25) is 0 Å². The van der Waals surface area contributed by atoms with Gasteiger partial charge in [0, 0.05) is 23.1 Å². The molecule has 0 spiro atoms. The average Bonchev–Trinajstić information content (AvgIpc) is 3.10. The molecule has 2 N–H and O–H groups in total. The number of amides is 1. The van der Waals surface area contributed by atoms with Gasteiger partial charge < -0.3 is 15.2 Å². The van der Waals surface area contributed by atoms with Gasteiger partial charge in [-0.25, -0.2) is 4.79 Å². The molecule has 2 heterocycles. The first kappa shape index (κ1) is 16.7. The molecule has 0 aromatic heterocycles. The predicted molar refractivity (Wildman–Crippen MR) is 86.8 cm³/mol. The molecule has 1 fully saturated rings. The highest BCUT2D eigenvalue weighted by molar-refractivity contribution is 9.10. The Bertz CT molecular complexity index is 758. The zero-order valence-corrected chi connectivity index (χ0v) is 14.4. The number of benzene rings is 1. The molecule has 2 aliphatic heterocycles. The highest BCUT2D eigenvalue weighted by Gasteiger charge is 2.61. The van der Waals surface area contributed by atoms with Crippen molar-refractivity contribution in [1.82, 2.24) is 10.2 Å². The Hall–Kier alpha value is -2.19. The minimum atomic E-state index is -2.62. The van der Waals surface area contributed by atoms with Crippen molar-refractivity contribution in [3.63, 3.8) is 0 Å². The van der Waals surface area contributed by atoms with Crippen molar-refractivity contribution in [2.75, 3.05) is 19.7 Å². The molecule has 0 radical (unpaired) electrons. The van der Waals surface area contributed by atoms with Gasteiger partial charge in [0.15, 0.2) is 5.78 Å². The molecule has 1 amide bonds. The highest BCUT2D eigenvalue weighted by atomic mass is 79.9. The van der Waals surface area contributed by atoms with Crippen LogP contribution >= 0.6 is 15.9 Å². The number of nitrogens with zero attached hydrogens (tertiary/aromatic N) is 1. The summed E-state index contributed by atoms with van der Waals surface area (Å²) in [6, 6.07) is 6.43. The maximum Gasteiger partial charge on any atom is 0.353 e. The van der Waals surface area contributed by atoms with E-state index < -0.39 is 23.3 Å². The third-order valence-corrected chi connectivity index (χ3v) is 4.48. The maximum absolute atomic E-state index is 12.9. The molecule has 1 aromatic carbocycles. The summed E-state index contributed by atoms with van der Waals surface area (Å²) in [7, 11) is 0. The molecule has 1 aromatic rings. The van der Waals surface area contributed by atoms with Crippen LogP contribution in [0.25, 0.3) is 0 Å². The van der Waals surface area contributed by atoms with Crippen molar-refractivity contribution in [1.29, 1.82) is 0 Å². The number of hydrogen-bond acceptors (Lipinski definition) is 6. The van der Waals surface area contributed by atoms with Crippen LogP contribution in [0.15, 0.2) is 40.1 Å². The standard InChI is InChI=1S/C16H15BrN2O5/c1-2-24-15(22)16(23)11(13-18-7-8-19(13)14(16)21)12(20)9-3-5-10(17)6-4-9/h3-6,18,23H,2,7-8H2,1H3. The van der Waals surface area contributed by atoms with Gasteiger partial charge >= 0.3 is 5.97 Å². The first-order valence-corrected chi connectivity index (χ1v) is 8.21. The van der Waals surface area contributed by atoms with Gasteiger partial charge in [0.25, 0.3) is 11.5 Å². The van der Waals surface area contributed by atoms with Crippen molar-refractivity contribution in [2.24, 2.45) is 0 Å². The molecule has 7 nitrogen and oxygen atoms in total. The summed E-state index contributed by atoms with van der Waals surface area (Å²) in [6.07, 6.45) is 0. The van der Waals surface area contributed by atoms with E-state index in [0.717, 1.165) is 4.47 Å². The normalized spacial score (nSPS) is 22.5. The molecule has 2 aliphatic rings. The number of carbonyl (C=O) groups is 3. The van der Waals surface area contributed by atoms with E-state index in [2.05, 4.69) is 21.2 Å². The number of hydrogen-bond donors (Lipinski definition) is 2. The van der Waals surface area contributed by atoms with E-state index in [9.17, 15) is 19.5 Å². The van der Waals surface area contributed by atoms with E-state index in [4.69, 9.17) is 4.74 Å². The number of rotatable bonds is 4. The Morgan fingerprint density at radius 1 is 1.38 bits per heavy atom. The second kappa shape index (κ2) is 6.03. The fraction of sp³-hybridized carbons (Fsp3) is 0.312. The van der Waals surface area contributed by atoms with Crippen LogP contribution in [0.5, 0.6) is 0 Å². The van der Waals surface area contributed by atoms with Crippen molar-refractivity contribution >= 4 is 33.6 Å². The number of Topliss-reactive ketones (excluding diaryl/α,β-unsaturated/α-hetero) is 1. The number of ketones is 1. The summed E-state index contributed by atoms with van der Waals surface area (Å²) < 4.78 is 5.62. The largest absolute Gasteiger partial charge is 0.463 e. The van der Waals surface area contributed by atoms with Crippen LogP contribution < -0.4 is 5.32 Å². The van der Waals surface area contributed by atoms with Crippen molar-refractivity contribution in [2.45, 2.75) is 12.5 Å². The fourth-order valence-corrected chi connectivity index (χ4v) is 3.10. The summed E-state index contributed by atoms with van der Waals surface area (Å²) in [5.41, 5.74) is -2.65. The number of fused-ring (bicyclic) bond motifs is 1. The number of esters is 1. The number of halogens is 1. The summed E-state index contributed by atoms with van der Waals surface area (Å²) in [5.74, 6) is -2.43. The lowest BCUT2D eigenvalue weighted by Crippen LogP contribution is -2.52. The summed E-state index contributed by atoms with van der Waals surface area (Å²) in [6.45, 7) is 2.25. The smallest absolute Gasteiger partial charge is 0.353 e. The molecule has 0 saturated carbocycles. The molecule has 0 aliphatic carbocycles. The maximum atomic E-state index is 12.9. The molecule has 3 rings (SSSR count). The third-order valence-electron chi connectivity index (χ3n) is 3.96. The van der Waals surface area contributed by atoms with Gasteiger partial charge in [-0.2, -0.15) is 0 Å². The molecule has 0 bridgehead atoms. The van der Waals surface area contributed by atoms with E-state index in [-0.39, 0.29) is 30.1 Å². The van der Waals surface area contributed by atoms with Gasteiger partial charge in [-0.3, -0.25) is 14.5 Å². The Kier molecular flexibility index (Phi) is 4.18. The number of ether oxygens (including phenoxy) is 1. The lowest BCUT2D eigenvalue weighted by molar-refractivity contribution is -0.168. The zero-order chi connectivity index (χ0) is 17.5. The number of nitrogens with one attached hydrogen (secondary N) is 1. The molecule has 1 saturated heterocycles. The van der Waals surface area contributed by atoms with Gasteiger partial charge in [-0.1, -0.05) is 15.9 Å². The molecule has 1 unspecified atom stereocenters. The van der Waals surface area contributed by atoms with Crippen LogP contribution in [0.3, 0.4) is 0 Å². The summed E-state index contributed by atoms with van der Waals surface area (Å²) >= 11 is 3.28. The van der Waals surface area contributed by atoms with E-state index in [1.807, 2.05) is 0 Å². The van der Waals surface area contributed by atoms with Crippen molar-refractivity contribution in [3.8, 4) is 0 Å². The van der Waals surface area contributed by atoms with Gasteiger partial charge in [-0.05, 0) is 31.2 Å². The Balaban J connectivity index is 2.11. The van der Waals surface area contributed by atoms with Crippen LogP contribution in [0.2, 0.25) is 0 Å². The van der Waals surface area contributed by atoms with Crippen molar-refractivity contribution in [3.05, 3.63) is 45.7 Å². The Labute approximate surface area is 146 Å². The second-order valence-corrected chi connectivity index (χ2v) is 6.29. The lowest BCUT2D eigenvalue weighted by atomic mass is 9.89. The molecule has 8 heteroatoms. The monoisotopic (exact) mass is 394 g/mol. The van der Waals surface area contributed by atoms with Crippen LogP contribution in [-0.2, 0) is 14.3 Å². The van der Waals surface area contributed by atoms with Crippen LogP contribution in [-0.4, -0.2) is 53.0 Å². The summed E-state index contributed by atoms with van der Waals surface area (Å²) in [5, 5.41) is 13.7. The van der Waals surface area contributed by atoms with E-state index >= 15 is 0 Å². The topological polar surface area (TPSA) is 95.9 Å².